The molecule has 1 amide bonds. The van der Waals surface area contributed by atoms with Crippen LogP contribution < -0.4 is 0 Å². The summed E-state index contributed by atoms with van der Waals surface area (Å²) in [6.45, 7) is 2.71. The molecule has 0 aliphatic heterocycles. The van der Waals surface area contributed by atoms with Crippen molar-refractivity contribution in [1.82, 2.24) is 19.7 Å². The summed E-state index contributed by atoms with van der Waals surface area (Å²) >= 11 is 1.42. The zero-order valence-corrected chi connectivity index (χ0v) is 18.0. The first-order valence-electron chi connectivity index (χ1n) is 9.98. The number of hydrogen-bond donors (Lipinski definition) is 0. The summed E-state index contributed by atoms with van der Waals surface area (Å²) < 4.78 is 1.96. The van der Waals surface area contributed by atoms with Crippen LogP contribution in [0.5, 0.6) is 0 Å². The van der Waals surface area contributed by atoms with Crippen molar-refractivity contribution in [1.29, 1.82) is 0 Å². The number of carbonyl (C=O) groups is 1. The highest BCUT2D eigenvalue weighted by Crippen LogP contribution is 2.23. The van der Waals surface area contributed by atoms with Gasteiger partial charge in [-0.05, 0) is 40.5 Å². The summed E-state index contributed by atoms with van der Waals surface area (Å²) in [5.41, 5.74) is 3.40. The quantitative estimate of drug-likeness (QED) is 0.409. The van der Waals surface area contributed by atoms with Crippen molar-refractivity contribution in [3.63, 3.8) is 0 Å². The third-order valence-electron chi connectivity index (χ3n) is 5.13. The van der Waals surface area contributed by atoms with E-state index in [4.69, 9.17) is 0 Å². The molecule has 0 aliphatic rings. The van der Waals surface area contributed by atoms with Crippen LogP contribution in [0.25, 0.3) is 16.5 Å². The molecule has 0 unspecified atom stereocenters. The molecule has 4 aromatic rings. The molecule has 6 heteroatoms. The third-order valence-corrected chi connectivity index (χ3v) is 6.06. The van der Waals surface area contributed by atoms with E-state index in [-0.39, 0.29) is 5.91 Å². The van der Waals surface area contributed by atoms with Gasteiger partial charge >= 0.3 is 0 Å². The second-order valence-corrected chi connectivity index (χ2v) is 8.13. The molecule has 0 saturated carbocycles. The minimum atomic E-state index is 0.0616. The Labute approximate surface area is 180 Å². The fourth-order valence-corrected chi connectivity index (χ4v) is 4.33. The molecule has 0 bridgehead atoms. The van der Waals surface area contributed by atoms with E-state index in [1.54, 1.807) is 11.2 Å². The van der Waals surface area contributed by atoms with Gasteiger partial charge in [-0.25, -0.2) is 0 Å². The Hall–Kier alpha value is -3.12. The van der Waals surface area contributed by atoms with E-state index in [1.807, 2.05) is 35.9 Å². The molecule has 0 aliphatic carbocycles. The Morgan fingerprint density at radius 2 is 1.80 bits per heavy atom. The number of aryl methyl sites for hydroxylation is 1. The van der Waals surface area contributed by atoms with Crippen LogP contribution in [-0.2, 0) is 17.8 Å². The molecule has 1 aromatic heterocycles. The number of thioether (sulfide) groups is 1. The van der Waals surface area contributed by atoms with Gasteiger partial charge in [0.25, 0.3) is 0 Å². The number of fused-ring (bicyclic) bond motifs is 1. The molecule has 152 valence electrons. The lowest BCUT2D eigenvalue weighted by Gasteiger charge is -2.17. The number of nitrogens with zero attached hydrogens (tertiary/aromatic N) is 4. The smallest absolute Gasteiger partial charge is 0.233 e. The molecule has 1 heterocycles. The van der Waals surface area contributed by atoms with Crippen LogP contribution in [0.3, 0.4) is 0 Å². The molecule has 0 fully saturated rings. The zero-order chi connectivity index (χ0) is 20.9. The van der Waals surface area contributed by atoms with Crippen molar-refractivity contribution in [3.8, 4) is 5.69 Å². The molecule has 0 spiro atoms. The maximum Gasteiger partial charge on any atom is 0.233 e. The monoisotopic (exact) mass is 416 g/mol. The van der Waals surface area contributed by atoms with Crippen LogP contribution in [-0.4, -0.2) is 38.4 Å². The maximum atomic E-state index is 12.7. The summed E-state index contributed by atoms with van der Waals surface area (Å²) in [5.74, 6) is 0.378. The molecule has 0 atom stereocenters. The number of para-hydroxylation sites is 1. The van der Waals surface area contributed by atoms with Crippen LogP contribution >= 0.6 is 11.8 Å². The largest absolute Gasteiger partial charge is 0.341 e. The number of hydrogen-bond acceptors (Lipinski definition) is 4. The minimum Gasteiger partial charge on any atom is -0.341 e. The number of carbonyl (C=O) groups excluding carboxylic acids is 1. The molecule has 0 radical (unpaired) electrons. The molecular formula is C24H24N4OS. The molecular weight excluding hydrogens is 392 g/mol. The van der Waals surface area contributed by atoms with Gasteiger partial charge in [0.1, 0.15) is 6.33 Å². The SMILES string of the molecule is CCc1ccccc1-n1cnnc1SCC(=O)N(C)Cc1ccc2ccccc2c1. The van der Waals surface area contributed by atoms with Crippen LogP contribution in [0.15, 0.2) is 78.2 Å². The van der Waals surface area contributed by atoms with Gasteiger partial charge in [0.15, 0.2) is 5.16 Å². The second-order valence-electron chi connectivity index (χ2n) is 7.19. The van der Waals surface area contributed by atoms with Crippen molar-refractivity contribution >= 4 is 28.4 Å². The van der Waals surface area contributed by atoms with Gasteiger partial charge in [-0.2, -0.15) is 0 Å². The number of aromatic nitrogens is 3. The van der Waals surface area contributed by atoms with E-state index in [0.717, 1.165) is 22.8 Å². The number of benzene rings is 3. The topological polar surface area (TPSA) is 51.0 Å². The van der Waals surface area contributed by atoms with E-state index < -0.39 is 0 Å². The first kappa shape index (κ1) is 20.2. The Balaban J connectivity index is 1.42. The third kappa shape index (κ3) is 4.39. The normalized spacial score (nSPS) is 11.0. The van der Waals surface area contributed by atoms with Gasteiger partial charge in [0, 0.05) is 13.6 Å². The average Bonchev–Trinajstić information content (AvgIpc) is 3.25. The highest BCUT2D eigenvalue weighted by molar-refractivity contribution is 7.99. The standard InChI is InChI=1S/C24H24N4OS/c1-3-19-8-6-7-11-22(19)28-17-25-26-24(28)30-16-23(29)27(2)15-18-12-13-20-9-4-5-10-21(20)14-18/h4-14,17H,3,15-16H2,1-2H3. The van der Waals surface area contributed by atoms with E-state index in [0.29, 0.717) is 12.3 Å². The molecule has 5 nitrogen and oxygen atoms in total. The van der Waals surface area contributed by atoms with Crippen molar-refractivity contribution in [3.05, 3.63) is 84.2 Å². The molecule has 30 heavy (non-hydrogen) atoms. The van der Waals surface area contributed by atoms with Crippen molar-refractivity contribution in [2.45, 2.75) is 25.0 Å². The Morgan fingerprint density at radius 3 is 2.63 bits per heavy atom. The average molecular weight is 417 g/mol. The van der Waals surface area contributed by atoms with Gasteiger partial charge < -0.3 is 4.90 Å². The lowest BCUT2D eigenvalue weighted by molar-refractivity contribution is -0.127. The van der Waals surface area contributed by atoms with Gasteiger partial charge in [-0.3, -0.25) is 9.36 Å². The van der Waals surface area contributed by atoms with Crippen molar-refractivity contribution in [2.24, 2.45) is 0 Å². The molecule has 0 N–H and O–H groups in total. The molecule has 0 saturated heterocycles. The van der Waals surface area contributed by atoms with Crippen LogP contribution in [0, 0.1) is 0 Å². The summed E-state index contributed by atoms with van der Waals surface area (Å²) in [6.07, 6.45) is 2.63. The van der Waals surface area contributed by atoms with Crippen LogP contribution in [0.2, 0.25) is 0 Å². The highest BCUT2D eigenvalue weighted by Gasteiger charge is 2.15. The lowest BCUT2D eigenvalue weighted by atomic mass is 10.1. The summed E-state index contributed by atoms with van der Waals surface area (Å²) in [6, 6.07) is 22.8. The van der Waals surface area contributed by atoms with E-state index in [2.05, 4.69) is 59.6 Å². The summed E-state index contributed by atoms with van der Waals surface area (Å²) in [7, 11) is 1.84. The van der Waals surface area contributed by atoms with E-state index in [9.17, 15) is 4.79 Å². The second kappa shape index (κ2) is 9.13. The van der Waals surface area contributed by atoms with Gasteiger partial charge in [-0.15, -0.1) is 10.2 Å². The Morgan fingerprint density at radius 1 is 1.03 bits per heavy atom. The lowest BCUT2D eigenvalue weighted by Crippen LogP contribution is -2.27. The van der Waals surface area contributed by atoms with Crippen molar-refractivity contribution in [2.75, 3.05) is 12.8 Å². The van der Waals surface area contributed by atoms with Gasteiger partial charge in [0.2, 0.25) is 5.91 Å². The zero-order valence-electron chi connectivity index (χ0n) is 17.2. The first-order valence-corrected chi connectivity index (χ1v) is 11.0. The van der Waals surface area contributed by atoms with Crippen LogP contribution in [0.4, 0.5) is 0 Å². The fourth-order valence-electron chi connectivity index (χ4n) is 3.47. The van der Waals surface area contributed by atoms with E-state index in [1.165, 1.54) is 28.1 Å². The summed E-state index contributed by atoms with van der Waals surface area (Å²) in [4.78, 5) is 14.5. The van der Waals surface area contributed by atoms with E-state index >= 15 is 0 Å². The molecule has 3 aromatic carbocycles. The predicted octanol–water partition coefficient (Wildman–Crippen LogP) is 4.73. The maximum absolute atomic E-state index is 12.7. The number of amides is 1. The first-order chi connectivity index (χ1) is 14.7. The van der Waals surface area contributed by atoms with Crippen LogP contribution in [0.1, 0.15) is 18.1 Å². The highest BCUT2D eigenvalue weighted by atomic mass is 32.2. The Kier molecular flexibility index (Phi) is 6.14. The Bertz CT molecular complexity index is 1170. The number of rotatable bonds is 7. The van der Waals surface area contributed by atoms with Gasteiger partial charge in [-0.1, -0.05) is 73.3 Å². The van der Waals surface area contributed by atoms with Gasteiger partial charge in [0.05, 0.1) is 11.4 Å². The predicted molar refractivity (Wildman–Crippen MR) is 122 cm³/mol. The van der Waals surface area contributed by atoms with Crippen molar-refractivity contribution < 1.29 is 4.79 Å². The summed E-state index contributed by atoms with van der Waals surface area (Å²) in [5, 5.41) is 11.4. The molecule has 4 rings (SSSR count). The fraction of sp³-hybridized carbons (Fsp3) is 0.208. The minimum absolute atomic E-state index is 0.0616.